The molecule has 0 bridgehead atoms. The molecule has 1 fully saturated rings. The van der Waals surface area contributed by atoms with Crippen molar-refractivity contribution in [1.82, 2.24) is 10.6 Å². The van der Waals surface area contributed by atoms with Gasteiger partial charge < -0.3 is 20.5 Å². The zero-order valence-electron chi connectivity index (χ0n) is 11.3. The van der Waals surface area contributed by atoms with E-state index in [1.807, 2.05) is 0 Å². The van der Waals surface area contributed by atoms with Gasteiger partial charge in [0.25, 0.3) is 0 Å². The van der Waals surface area contributed by atoms with Crippen LogP contribution in [0.4, 0.5) is 18.0 Å². The van der Waals surface area contributed by atoms with Gasteiger partial charge in [-0.25, -0.2) is 9.59 Å². The second-order valence-corrected chi connectivity index (χ2v) is 5.19. The fourth-order valence-electron chi connectivity index (χ4n) is 1.76. The van der Waals surface area contributed by atoms with Crippen molar-refractivity contribution in [3.63, 3.8) is 0 Å². The summed E-state index contributed by atoms with van der Waals surface area (Å²) in [5, 5.41) is 12.5. The molecule has 3 N–H and O–H groups in total. The number of urea groups is 1. The van der Waals surface area contributed by atoms with Gasteiger partial charge in [-0.1, -0.05) is 0 Å². The number of alkyl halides is 3. The predicted octanol–water partition coefficient (Wildman–Crippen LogP) is 1.26. The molecule has 0 aromatic rings. The van der Waals surface area contributed by atoms with Crippen LogP contribution in [0.25, 0.3) is 0 Å². The van der Waals surface area contributed by atoms with Crippen LogP contribution in [0.15, 0.2) is 0 Å². The van der Waals surface area contributed by atoms with Crippen LogP contribution in [-0.4, -0.2) is 47.1 Å². The molecule has 0 spiro atoms. The first-order valence-electron chi connectivity index (χ1n) is 5.94. The maximum atomic E-state index is 12.8. The van der Waals surface area contributed by atoms with Crippen molar-refractivity contribution in [3.05, 3.63) is 0 Å². The fraction of sp³-hybridized carbons (Fsp3) is 0.818. The Labute approximate surface area is 113 Å². The summed E-state index contributed by atoms with van der Waals surface area (Å²) in [6.07, 6.45) is -5.07. The van der Waals surface area contributed by atoms with Gasteiger partial charge >= 0.3 is 18.2 Å². The second kappa shape index (κ2) is 5.12. The summed E-state index contributed by atoms with van der Waals surface area (Å²) >= 11 is 0. The predicted molar refractivity (Wildman–Crippen MR) is 62.2 cm³/mol. The van der Waals surface area contributed by atoms with E-state index in [-0.39, 0.29) is 6.10 Å². The first-order valence-corrected chi connectivity index (χ1v) is 5.94. The van der Waals surface area contributed by atoms with Gasteiger partial charge in [0.05, 0.1) is 11.6 Å². The SMILES string of the molecule is CC1OCCC1(C)NC(=O)NC(C)(C(=O)O)C(F)(F)F. The van der Waals surface area contributed by atoms with E-state index in [9.17, 15) is 22.8 Å². The van der Waals surface area contributed by atoms with Gasteiger partial charge in [-0.3, -0.25) is 0 Å². The van der Waals surface area contributed by atoms with E-state index in [4.69, 9.17) is 9.84 Å². The van der Waals surface area contributed by atoms with Crippen LogP contribution < -0.4 is 10.6 Å². The maximum Gasteiger partial charge on any atom is 0.422 e. The number of hydrogen-bond donors (Lipinski definition) is 3. The highest BCUT2D eigenvalue weighted by atomic mass is 19.4. The van der Waals surface area contributed by atoms with Gasteiger partial charge in [0.1, 0.15) is 0 Å². The first-order chi connectivity index (χ1) is 8.92. The molecular weight excluding hydrogens is 281 g/mol. The number of ether oxygens (including phenoxy) is 1. The number of amides is 2. The summed E-state index contributed by atoms with van der Waals surface area (Å²) in [7, 11) is 0. The Bertz CT molecular complexity index is 415. The highest BCUT2D eigenvalue weighted by molar-refractivity contribution is 5.87. The molecule has 9 heteroatoms. The van der Waals surface area contributed by atoms with Crippen LogP contribution in [0.2, 0.25) is 0 Å². The minimum atomic E-state index is -5.12. The van der Waals surface area contributed by atoms with Crippen LogP contribution in [0, 0.1) is 0 Å². The van der Waals surface area contributed by atoms with Crippen LogP contribution in [-0.2, 0) is 9.53 Å². The van der Waals surface area contributed by atoms with Crippen molar-refractivity contribution in [2.75, 3.05) is 6.61 Å². The van der Waals surface area contributed by atoms with Crippen molar-refractivity contribution in [2.45, 2.75) is 50.6 Å². The summed E-state index contributed by atoms with van der Waals surface area (Å²) in [6, 6.07) is -1.20. The average Bonchev–Trinajstić information content (AvgIpc) is 2.56. The molecule has 1 saturated heterocycles. The Kier molecular flexibility index (Phi) is 4.23. The fourth-order valence-corrected chi connectivity index (χ4v) is 1.76. The number of rotatable bonds is 3. The molecule has 0 aliphatic carbocycles. The van der Waals surface area contributed by atoms with Crippen molar-refractivity contribution in [3.8, 4) is 0 Å². The molecular formula is C11H17F3N2O4. The Morgan fingerprint density at radius 2 is 1.95 bits per heavy atom. The number of carbonyl (C=O) groups excluding carboxylic acids is 1. The minimum absolute atomic E-state index is 0.368. The van der Waals surface area contributed by atoms with E-state index in [0.717, 1.165) is 0 Å². The number of carboxylic acids is 1. The van der Waals surface area contributed by atoms with Gasteiger partial charge in [0, 0.05) is 6.61 Å². The smallest absolute Gasteiger partial charge is 0.422 e. The summed E-state index contributed by atoms with van der Waals surface area (Å²) in [5.41, 5.74) is -4.19. The van der Waals surface area contributed by atoms with Crippen LogP contribution in [0.5, 0.6) is 0 Å². The Hall–Kier alpha value is -1.51. The minimum Gasteiger partial charge on any atom is -0.479 e. The Balaban J connectivity index is 2.81. The molecule has 1 heterocycles. The van der Waals surface area contributed by atoms with Gasteiger partial charge in [0.15, 0.2) is 0 Å². The number of nitrogens with one attached hydrogen (secondary N) is 2. The van der Waals surface area contributed by atoms with Gasteiger partial charge in [-0.05, 0) is 27.2 Å². The standard InChI is InChI=1S/C11H17F3N2O4/c1-6-9(2,4-5-20-6)15-8(19)16-10(3,7(17)18)11(12,13)14/h6H,4-5H2,1-3H3,(H,17,18)(H2,15,16,19). The van der Waals surface area contributed by atoms with E-state index in [0.29, 0.717) is 20.0 Å². The lowest BCUT2D eigenvalue weighted by Gasteiger charge is -2.33. The third kappa shape index (κ3) is 2.97. The Morgan fingerprint density at radius 3 is 2.30 bits per heavy atom. The number of carboxylic acid groups (broad SMARTS) is 1. The second-order valence-electron chi connectivity index (χ2n) is 5.19. The van der Waals surface area contributed by atoms with Crippen molar-refractivity contribution in [1.29, 1.82) is 0 Å². The lowest BCUT2D eigenvalue weighted by molar-refractivity contribution is -0.203. The molecule has 1 aliphatic rings. The molecule has 2 amide bonds. The molecule has 116 valence electrons. The van der Waals surface area contributed by atoms with E-state index in [2.05, 4.69) is 5.32 Å². The maximum absolute atomic E-state index is 12.8. The lowest BCUT2D eigenvalue weighted by atomic mass is 9.95. The van der Waals surface area contributed by atoms with Crippen molar-refractivity contribution < 1.29 is 32.6 Å². The van der Waals surface area contributed by atoms with Crippen molar-refractivity contribution >= 4 is 12.0 Å². The van der Waals surface area contributed by atoms with Crippen LogP contribution in [0.1, 0.15) is 27.2 Å². The largest absolute Gasteiger partial charge is 0.479 e. The normalized spacial score (nSPS) is 29.6. The van der Waals surface area contributed by atoms with Gasteiger partial charge in [-0.15, -0.1) is 0 Å². The summed E-state index contributed by atoms with van der Waals surface area (Å²) in [5.74, 6) is -2.18. The van der Waals surface area contributed by atoms with E-state index < -0.39 is 29.3 Å². The molecule has 1 aliphatic heterocycles. The van der Waals surface area contributed by atoms with Gasteiger partial charge in [-0.2, -0.15) is 13.2 Å². The lowest BCUT2D eigenvalue weighted by Crippen LogP contribution is -2.66. The molecule has 1 rings (SSSR count). The third-order valence-corrected chi connectivity index (χ3v) is 3.64. The molecule has 20 heavy (non-hydrogen) atoms. The first kappa shape index (κ1) is 16.5. The molecule has 3 atom stereocenters. The number of carbonyl (C=O) groups is 2. The van der Waals surface area contributed by atoms with Crippen molar-refractivity contribution in [2.24, 2.45) is 0 Å². The Morgan fingerprint density at radius 1 is 1.40 bits per heavy atom. The quantitative estimate of drug-likeness (QED) is 0.732. The monoisotopic (exact) mass is 298 g/mol. The summed E-state index contributed by atoms with van der Waals surface area (Å²) < 4.78 is 43.5. The highest BCUT2D eigenvalue weighted by Gasteiger charge is 2.59. The topological polar surface area (TPSA) is 87.7 Å². The average molecular weight is 298 g/mol. The molecule has 3 unspecified atom stereocenters. The van der Waals surface area contributed by atoms with E-state index in [1.54, 1.807) is 13.8 Å². The number of hydrogen-bond acceptors (Lipinski definition) is 3. The molecule has 0 radical (unpaired) electrons. The van der Waals surface area contributed by atoms with E-state index in [1.165, 1.54) is 5.32 Å². The number of halogens is 3. The zero-order chi connectivity index (χ0) is 15.8. The number of aliphatic carboxylic acids is 1. The summed E-state index contributed by atoms with van der Waals surface area (Å²) in [6.45, 7) is 4.06. The third-order valence-electron chi connectivity index (χ3n) is 3.64. The van der Waals surface area contributed by atoms with Crippen LogP contribution >= 0.6 is 0 Å². The molecule has 0 aromatic carbocycles. The molecule has 0 aromatic heterocycles. The highest BCUT2D eigenvalue weighted by Crippen LogP contribution is 2.31. The zero-order valence-corrected chi connectivity index (χ0v) is 11.3. The van der Waals surface area contributed by atoms with Gasteiger partial charge in [0.2, 0.25) is 5.54 Å². The van der Waals surface area contributed by atoms with Crippen LogP contribution in [0.3, 0.4) is 0 Å². The molecule has 0 saturated carbocycles. The van der Waals surface area contributed by atoms with E-state index >= 15 is 0 Å². The molecule has 6 nitrogen and oxygen atoms in total. The summed E-state index contributed by atoms with van der Waals surface area (Å²) in [4.78, 5) is 22.5.